The molecule has 2 aliphatic rings. The number of phenolic OH excluding ortho intramolecular Hbond substituents is 1. The van der Waals surface area contributed by atoms with E-state index in [0.717, 1.165) is 49.1 Å². The SMILES string of the molecule is Cc1cc(N)c(Br)nc1Br.Cc1cc([N+](=O)[O-])c(Br)nc1Br.O=C(Cc1ccc(O)cc1)C1(C(=O)Cc2ccc(F)cc2)CC1.O=CO.[C-]#N.[C-]#[N+]c1nc(C#N)c(N)cc1C.[C-]#[N+]c1nc2c(=O)[nH]cnc2cc1C.[C-]#[N+]c1nc2c(Cl)ncnc2cc1C.[C-]#[N+]c1nc2c(Oc3ccc(CC(=O)C4(C(=O)Cc5ccc(F)cc5)CC4)cc3)ncnc2cc1C.[Cu+]. The van der Waals surface area contributed by atoms with Gasteiger partial charge in [-0.2, -0.15) is 10.2 Å². The molecule has 7 N–H and O–H groups in total. The Morgan fingerprint density at radius 1 is 0.551 bits per heavy atom. The monoisotopic (exact) mass is 2030 g/mol. The number of aromatic nitrogens is 12. The number of aromatic hydroxyl groups is 1. The summed E-state index contributed by atoms with van der Waals surface area (Å²) >= 11 is 18.5. The molecule has 646 valence electrons. The molecule has 0 atom stereocenters. The van der Waals surface area contributed by atoms with E-state index < -0.39 is 15.8 Å². The number of halogens is 7. The summed E-state index contributed by atoms with van der Waals surface area (Å²) in [4.78, 5) is 140. The van der Waals surface area contributed by atoms with Crippen molar-refractivity contribution in [1.29, 1.82) is 10.5 Å². The predicted molar refractivity (Wildman–Crippen MR) is 476 cm³/mol. The number of benzene rings is 4. The molecule has 15 rings (SSSR count). The summed E-state index contributed by atoms with van der Waals surface area (Å²) in [5, 5.41) is 41.6. The summed E-state index contributed by atoms with van der Waals surface area (Å²) in [6.07, 6.45) is 6.95. The second-order valence-corrected chi connectivity index (χ2v) is 30.5. The Morgan fingerprint density at radius 2 is 0.913 bits per heavy atom. The van der Waals surface area contributed by atoms with E-state index in [1.807, 2.05) is 26.0 Å². The van der Waals surface area contributed by atoms with E-state index in [1.165, 1.54) is 61.4 Å². The van der Waals surface area contributed by atoms with Crippen molar-refractivity contribution in [1.82, 2.24) is 59.8 Å². The van der Waals surface area contributed by atoms with Crippen LogP contribution in [-0.4, -0.2) is 105 Å². The molecule has 0 bridgehead atoms. The molecule has 40 heteroatoms. The average Bonchev–Trinajstić information content (AvgIpc) is 1.62. The molecular formula is C87H67Br4ClCuF2N21O11. The molecule has 9 heterocycles. The van der Waals surface area contributed by atoms with Gasteiger partial charge in [-0.3, -0.25) is 38.9 Å². The zero-order valence-corrected chi connectivity index (χ0v) is 75.4. The standard InChI is InChI=1S/C28H21FN4O3.C19H17FO3.C9H5ClN4.C9H6N4O.C8H6N4.C6H4Br2N2O2.C6H6Br2N2.CN.CH2O2.Cu/c1-17-13-22-25(33-26(17)30-2)27(32-16-31-22)36-21-9-5-19(6-10-21)15-24(35)28(11-12-28)23(34)14-18-3-7-20(29)8-4-18;20-15-5-1-13(2-6-15)11-17(22)19(9-10-19)18(23)12-14-3-7-16(21)8-4-14;1-5-3-6-7(14-9(5)11-2)8(10)13-4-12-6;1-5-3-6-7(13-8(5)10-2)9(14)12-4-11-6;1-5-3-6(10)7(4-9)12-8(5)11-2;1-3-2-4(10(11)12)6(8)9-5(3)7;1-3-2-4(9)6(8)10-5(3)7;1-2;2-1-3;/h3-10,13,16H,11-12,14-15H2,1H3;1-8,21H,9-12H2;3-4H,1H3;3-4H,1H3,(H,11,12,14);3H,10H2,1H3;2H,1H3;2H,9H2,1H3;;1H,(H,2,3);/q;;;;;;;-1;;+1. The van der Waals surface area contributed by atoms with Crippen LogP contribution in [0.15, 0.2) is 176 Å². The number of carboxylic acid groups (broad SMARTS) is 1. The van der Waals surface area contributed by atoms with Crippen molar-refractivity contribution in [3.8, 4) is 23.4 Å². The van der Waals surface area contributed by atoms with Gasteiger partial charge in [0.1, 0.15) is 72.2 Å². The van der Waals surface area contributed by atoms with E-state index in [9.17, 15) is 48.0 Å². The van der Waals surface area contributed by atoms with E-state index >= 15 is 0 Å². The first-order valence-corrected chi connectivity index (χ1v) is 40.0. The number of carbonyl (C=O) groups excluding carboxylic acids is 4. The summed E-state index contributed by atoms with van der Waals surface area (Å²) in [6.45, 7) is 43.1. The quantitative estimate of drug-likeness (QED) is 0.00930. The summed E-state index contributed by atoms with van der Waals surface area (Å²) < 4.78 is 34.3. The zero-order chi connectivity index (χ0) is 92.9. The van der Waals surface area contributed by atoms with E-state index in [4.69, 9.17) is 81.1 Å². The van der Waals surface area contributed by atoms with Crippen LogP contribution in [0.4, 0.5) is 49.1 Å². The Labute approximate surface area is 772 Å². The number of rotatable bonds is 15. The second-order valence-electron chi connectivity index (χ2n) is 27.2. The van der Waals surface area contributed by atoms with E-state index in [1.54, 1.807) is 113 Å². The molecule has 0 spiro atoms. The van der Waals surface area contributed by atoms with E-state index in [-0.39, 0.29) is 145 Å². The Bertz CT molecular complexity index is 6460. The molecule has 32 nitrogen and oxygen atoms in total. The van der Waals surface area contributed by atoms with Crippen molar-refractivity contribution in [2.45, 2.75) is 92.9 Å². The minimum absolute atomic E-state index is 0. The predicted octanol–water partition coefficient (Wildman–Crippen LogP) is 19.0. The third kappa shape index (κ3) is 27.9. The van der Waals surface area contributed by atoms with Gasteiger partial charge in [-0.05, 0) is 265 Å². The van der Waals surface area contributed by atoms with Gasteiger partial charge in [0, 0.05) is 31.7 Å². The summed E-state index contributed by atoms with van der Waals surface area (Å²) in [7, 11) is 0. The Morgan fingerprint density at radius 3 is 1.33 bits per heavy atom. The van der Waals surface area contributed by atoms with Crippen molar-refractivity contribution in [2.75, 3.05) is 11.5 Å². The molecular weight excluding hydrogens is 1970 g/mol. The number of nitrogens with two attached hydrogens (primary N) is 2. The normalized spacial score (nSPS) is 11.5. The number of aromatic amines is 1. The van der Waals surface area contributed by atoms with Gasteiger partial charge >= 0.3 is 28.3 Å². The number of ketones is 4. The van der Waals surface area contributed by atoms with Gasteiger partial charge in [0.25, 0.3) is 41.3 Å². The van der Waals surface area contributed by atoms with E-state index in [0.29, 0.717) is 96.5 Å². The fraction of sp³-hybridized carbons (Fsp3) is 0.184. The molecule has 0 aliphatic heterocycles. The van der Waals surface area contributed by atoms with Crippen LogP contribution >= 0.6 is 75.3 Å². The number of carbonyl (C=O) groups is 5. The van der Waals surface area contributed by atoms with Gasteiger partial charge in [-0.15, -0.1) is 19.9 Å². The third-order valence-corrected chi connectivity index (χ3v) is 21.5. The van der Waals surface area contributed by atoms with Crippen LogP contribution in [0.25, 0.3) is 52.5 Å². The maximum absolute atomic E-state index is 13.1. The molecule has 0 unspecified atom stereocenters. The topological polar surface area (TPSA) is 470 Å². The number of ether oxygens (including phenoxy) is 1. The fourth-order valence-electron chi connectivity index (χ4n) is 11.4. The molecule has 2 saturated carbocycles. The number of pyridine rings is 6. The van der Waals surface area contributed by atoms with Crippen molar-refractivity contribution in [3.05, 3.63) is 322 Å². The minimum atomic E-state index is -0.937. The van der Waals surface area contributed by atoms with Crippen LogP contribution in [-0.2, 0) is 66.7 Å². The van der Waals surface area contributed by atoms with Crippen molar-refractivity contribution >= 4 is 178 Å². The van der Waals surface area contributed by atoms with Gasteiger partial charge in [0.2, 0.25) is 16.6 Å². The van der Waals surface area contributed by atoms with Crippen LogP contribution < -0.4 is 21.8 Å². The number of Topliss-reactive ketones (excluding diaryl/α,β-unsaturated/α-hetero) is 4. The largest absolute Gasteiger partial charge is 1.00 e. The van der Waals surface area contributed by atoms with Crippen LogP contribution in [0.3, 0.4) is 0 Å². The third-order valence-electron chi connectivity index (χ3n) is 18.4. The number of hydrogen-bond acceptors (Lipinski definition) is 25. The maximum Gasteiger partial charge on any atom is 1.00 e. The van der Waals surface area contributed by atoms with Gasteiger partial charge in [0.05, 0.1) is 33.5 Å². The molecule has 127 heavy (non-hydrogen) atoms. The number of fused-ring (bicyclic) bond motifs is 3. The van der Waals surface area contributed by atoms with E-state index in [2.05, 4.69) is 143 Å². The number of nitrogens with zero attached hydrogens (tertiary/aromatic N) is 18. The molecule has 9 aromatic heterocycles. The fourth-order valence-corrected chi connectivity index (χ4v) is 13.4. The van der Waals surface area contributed by atoms with Crippen LogP contribution in [0.1, 0.15) is 87.0 Å². The van der Waals surface area contributed by atoms with Crippen molar-refractivity contribution in [3.63, 3.8) is 0 Å². The number of nitrogens with one attached hydrogen (secondary N) is 1. The molecule has 13 aromatic rings. The summed E-state index contributed by atoms with van der Waals surface area (Å²) in [6, 6.07) is 37.0. The van der Waals surface area contributed by atoms with Gasteiger partial charge < -0.3 is 62.6 Å². The summed E-state index contributed by atoms with van der Waals surface area (Å²) in [5.41, 5.74) is 20.5. The van der Waals surface area contributed by atoms with Gasteiger partial charge in [0.15, 0.2) is 32.9 Å². The van der Waals surface area contributed by atoms with Crippen LogP contribution in [0.2, 0.25) is 5.15 Å². The smallest absolute Gasteiger partial charge is 0.512 e. The number of nitrogen functional groups attached to an aromatic ring is 2. The Kier molecular flexibility index (Phi) is 38.2. The van der Waals surface area contributed by atoms with Gasteiger partial charge in [-0.1, -0.05) is 86.4 Å². The number of phenols is 1. The number of nitriles is 1. The molecule has 4 aromatic carbocycles. The Balaban J connectivity index is 0.000000238. The molecule has 2 aliphatic carbocycles. The Hall–Kier alpha value is -14.1. The number of hydrogen-bond donors (Lipinski definition) is 5. The average molecular weight is 2040 g/mol. The first kappa shape index (κ1) is 102. The second kappa shape index (κ2) is 47.7. The molecule has 0 radical (unpaired) electrons. The van der Waals surface area contributed by atoms with Crippen LogP contribution in [0, 0.1) is 124 Å². The van der Waals surface area contributed by atoms with Gasteiger partial charge in [-0.25, -0.2) is 38.7 Å². The molecule has 0 amide bonds. The number of aryl methyl sites for hydroxylation is 6. The van der Waals surface area contributed by atoms with Crippen molar-refractivity contribution in [2.24, 2.45) is 10.8 Å². The molecule has 2 fully saturated rings. The van der Waals surface area contributed by atoms with Crippen molar-refractivity contribution < 1.29 is 69.7 Å². The number of nitro groups is 1. The first-order chi connectivity index (χ1) is 60.0. The minimum Gasteiger partial charge on any atom is -0.512 e. The zero-order valence-electron chi connectivity index (χ0n) is 67.4. The first-order valence-electron chi connectivity index (χ1n) is 36.5. The molecule has 0 saturated heterocycles. The number of anilines is 2. The number of H-pyrrole nitrogens is 1. The van der Waals surface area contributed by atoms with Crippen LogP contribution in [0.5, 0.6) is 17.4 Å². The maximum atomic E-state index is 13.1. The summed E-state index contributed by atoms with van der Waals surface area (Å²) in [5.74, 6) is 0.882.